The van der Waals surface area contributed by atoms with E-state index in [1.54, 1.807) is 6.07 Å². The summed E-state index contributed by atoms with van der Waals surface area (Å²) in [4.78, 5) is 11.0. The number of hydrogen-bond donors (Lipinski definition) is 1. The third-order valence-electron chi connectivity index (χ3n) is 1.77. The average molecular weight is 273 g/mol. The quantitative estimate of drug-likeness (QED) is 0.919. The van der Waals surface area contributed by atoms with Gasteiger partial charge in [-0.25, -0.2) is 4.79 Å². The number of hydrogen-bond acceptors (Lipinski definition) is 2. The number of carboxylic acid groups (broad SMARTS) is 1. The third kappa shape index (κ3) is 2.96. The molecule has 0 radical (unpaired) electrons. The van der Waals surface area contributed by atoms with E-state index in [2.05, 4.69) is 15.9 Å². The predicted molar refractivity (Wildman–Crippen MR) is 61.6 cm³/mol. The monoisotopic (exact) mass is 272 g/mol. The zero-order valence-corrected chi connectivity index (χ0v) is 10.5. The van der Waals surface area contributed by atoms with Crippen LogP contribution in [-0.4, -0.2) is 17.2 Å². The maximum atomic E-state index is 11.0. The molecule has 0 atom stereocenters. The highest BCUT2D eigenvalue weighted by atomic mass is 79.9. The second-order valence-electron chi connectivity index (χ2n) is 3.60. The molecule has 1 aromatic rings. The van der Waals surface area contributed by atoms with Gasteiger partial charge in [0, 0.05) is 0 Å². The fraction of sp³-hybridized carbons (Fsp3) is 0.364. The Morgan fingerprint density at radius 3 is 2.53 bits per heavy atom. The number of halogens is 1. The molecule has 15 heavy (non-hydrogen) atoms. The Hall–Kier alpha value is -1.03. The lowest BCUT2D eigenvalue weighted by atomic mass is 10.1. The molecule has 0 fully saturated rings. The molecule has 1 N–H and O–H groups in total. The Kier molecular flexibility index (Phi) is 3.74. The highest BCUT2D eigenvalue weighted by molar-refractivity contribution is 9.10. The van der Waals surface area contributed by atoms with Crippen molar-refractivity contribution in [1.29, 1.82) is 0 Å². The summed E-state index contributed by atoms with van der Waals surface area (Å²) in [7, 11) is 0. The SMILES string of the molecule is Cc1cc(Br)c(OC(C)C)c(C(=O)O)c1. The second-order valence-corrected chi connectivity index (χ2v) is 4.45. The van der Waals surface area contributed by atoms with Gasteiger partial charge in [0.1, 0.15) is 11.3 Å². The first-order valence-electron chi connectivity index (χ1n) is 4.62. The van der Waals surface area contributed by atoms with Gasteiger partial charge in [-0.05, 0) is 54.4 Å². The average Bonchev–Trinajstić information content (AvgIpc) is 2.08. The van der Waals surface area contributed by atoms with E-state index in [0.29, 0.717) is 10.2 Å². The number of ether oxygens (including phenoxy) is 1. The van der Waals surface area contributed by atoms with Crippen molar-refractivity contribution in [2.24, 2.45) is 0 Å². The summed E-state index contributed by atoms with van der Waals surface area (Å²) in [6.45, 7) is 5.56. The van der Waals surface area contributed by atoms with Crippen LogP contribution < -0.4 is 4.74 Å². The molecule has 82 valence electrons. The van der Waals surface area contributed by atoms with Gasteiger partial charge >= 0.3 is 5.97 Å². The Balaban J connectivity index is 3.27. The van der Waals surface area contributed by atoms with Gasteiger partial charge in [-0.2, -0.15) is 0 Å². The van der Waals surface area contributed by atoms with Gasteiger partial charge in [-0.1, -0.05) is 0 Å². The molecule has 1 rings (SSSR count). The smallest absolute Gasteiger partial charge is 0.339 e. The number of aromatic carboxylic acids is 1. The molecule has 0 aliphatic carbocycles. The number of rotatable bonds is 3. The summed E-state index contributed by atoms with van der Waals surface area (Å²) in [6.07, 6.45) is -0.0536. The molecule has 0 bridgehead atoms. The zero-order valence-electron chi connectivity index (χ0n) is 8.87. The topological polar surface area (TPSA) is 46.5 Å². The molecule has 0 amide bonds. The van der Waals surface area contributed by atoms with E-state index in [1.807, 2.05) is 26.8 Å². The molecule has 4 heteroatoms. The first-order chi connectivity index (χ1) is 6.91. The highest BCUT2D eigenvalue weighted by Crippen LogP contribution is 2.31. The fourth-order valence-corrected chi connectivity index (χ4v) is 1.91. The van der Waals surface area contributed by atoms with Gasteiger partial charge in [-0.3, -0.25) is 0 Å². The van der Waals surface area contributed by atoms with Crippen LogP contribution in [0.4, 0.5) is 0 Å². The van der Waals surface area contributed by atoms with Crippen molar-refractivity contribution in [3.05, 3.63) is 27.7 Å². The molecular formula is C11H13BrO3. The molecular weight excluding hydrogens is 260 g/mol. The van der Waals surface area contributed by atoms with Crippen LogP contribution in [0.2, 0.25) is 0 Å². The van der Waals surface area contributed by atoms with Crippen LogP contribution in [0.15, 0.2) is 16.6 Å². The summed E-state index contributed by atoms with van der Waals surface area (Å²) in [5, 5.41) is 9.03. The standard InChI is InChI=1S/C11H13BrO3/c1-6(2)15-10-8(11(13)14)4-7(3)5-9(10)12/h4-6H,1-3H3,(H,13,14). The van der Waals surface area contributed by atoms with Crippen molar-refractivity contribution in [3.63, 3.8) is 0 Å². The first kappa shape index (κ1) is 12.0. The van der Waals surface area contributed by atoms with Crippen LogP contribution in [0.5, 0.6) is 5.75 Å². The molecule has 0 aliphatic heterocycles. The van der Waals surface area contributed by atoms with Crippen LogP contribution in [-0.2, 0) is 0 Å². The molecule has 0 aromatic heterocycles. The van der Waals surface area contributed by atoms with Gasteiger partial charge < -0.3 is 9.84 Å². The van der Waals surface area contributed by atoms with E-state index in [-0.39, 0.29) is 11.7 Å². The van der Waals surface area contributed by atoms with Crippen molar-refractivity contribution < 1.29 is 14.6 Å². The Bertz CT molecular complexity index is 386. The van der Waals surface area contributed by atoms with Gasteiger partial charge in [0.05, 0.1) is 10.6 Å². The van der Waals surface area contributed by atoms with Gasteiger partial charge in [0.15, 0.2) is 0 Å². The van der Waals surface area contributed by atoms with Gasteiger partial charge in [-0.15, -0.1) is 0 Å². The number of aryl methyl sites for hydroxylation is 1. The van der Waals surface area contributed by atoms with E-state index in [0.717, 1.165) is 5.56 Å². The van der Waals surface area contributed by atoms with Crippen molar-refractivity contribution in [1.82, 2.24) is 0 Å². The minimum atomic E-state index is -0.977. The van der Waals surface area contributed by atoms with E-state index >= 15 is 0 Å². The van der Waals surface area contributed by atoms with Crippen LogP contribution in [0, 0.1) is 6.92 Å². The lowest BCUT2D eigenvalue weighted by Gasteiger charge is -2.14. The van der Waals surface area contributed by atoms with Gasteiger partial charge in [0.2, 0.25) is 0 Å². The minimum Gasteiger partial charge on any atom is -0.489 e. The van der Waals surface area contributed by atoms with Crippen LogP contribution in [0.25, 0.3) is 0 Å². The molecule has 0 spiro atoms. The minimum absolute atomic E-state index is 0.0536. The van der Waals surface area contributed by atoms with E-state index in [1.165, 1.54) is 0 Å². The van der Waals surface area contributed by atoms with Crippen molar-refractivity contribution in [2.75, 3.05) is 0 Å². The fourth-order valence-electron chi connectivity index (χ4n) is 1.24. The van der Waals surface area contributed by atoms with E-state index in [9.17, 15) is 4.79 Å². The Morgan fingerprint density at radius 1 is 1.47 bits per heavy atom. The number of carboxylic acids is 1. The summed E-state index contributed by atoms with van der Waals surface area (Å²) in [5.74, 6) is -0.585. The summed E-state index contributed by atoms with van der Waals surface area (Å²) >= 11 is 3.31. The summed E-state index contributed by atoms with van der Waals surface area (Å²) < 4.78 is 6.14. The highest BCUT2D eigenvalue weighted by Gasteiger charge is 2.16. The normalized spacial score (nSPS) is 10.5. The third-order valence-corrected chi connectivity index (χ3v) is 2.36. The van der Waals surface area contributed by atoms with Crippen molar-refractivity contribution in [2.45, 2.75) is 26.9 Å². The predicted octanol–water partition coefficient (Wildman–Crippen LogP) is 3.24. The van der Waals surface area contributed by atoms with E-state index < -0.39 is 5.97 Å². The van der Waals surface area contributed by atoms with Crippen molar-refractivity contribution in [3.8, 4) is 5.75 Å². The molecule has 3 nitrogen and oxygen atoms in total. The summed E-state index contributed by atoms with van der Waals surface area (Å²) in [6, 6.07) is 3.44. The lowest BCUT2D eigenvalue weighted by Crippen LogP contribution is -2.10. The van der Waals surface area contributed by atoms with Crippen molar-refractivity contribution >= 4 is 21.9 Å². The first-order valence-corrected chi connectivity index (χ1v) is 5.41. The van der Waals surface area contributed by atoms with Crippen LogP contribution in [0.3, 0.4) is 0 Å². The number of carbonyl (C=O) groups is 1. The maximum absolute atomic E-state index is 11.0. The second kappa shape index (κ2) is 4.66. The molecule has 0 saturated carbocycles. The van der Waals surface area contributed by atoms with Crippen LogP contribution in [0.1, 0.15) is 29.8 Å². The number of benzene rings is 1. The molecule has 0 saturated heterocycles. The zero-order chi connectivity index (χ0) is 11.6. The molecule has 0 heterocycles. The molecule has 1 aromatic carbocycles. The lowest BCUT2D eigenvalue weighted by molar-refractivity contribution is 0.0690. The molecule has 0 unspecified atom stereocenters. The summed E-state index contributed by atoms with van der Waals surface area (Å²) in [5.41, 5.74) is 1.07. The van der Waals surface area contributed by atoms with Crippen LogP contribution >= 0.6 is 15.9 Å². The molecule has 0 aliphatic rings. The van der Waals surface area contributed by atoms with Gasteiger partial charge in [0.25, 0.3) is 0 Å². The Labute approximate surface area is 97.2 Å². The Morgan fingerprint density at radius 2 is 2.07 bits per heavy atom. The van der Waals surface area contributed by atoms with E-state index in [4.69, 9.17) is 9.84 Å². The largest absolute Gasteiger partial charge is 0.489 e. The maximum Gasteiger partial charge on any atom is 0.339 e.